The third kappa shape index (κ3) is 4.24. The first-order valence-corrected chi connectivity index (χ1v) is 6.23. The van der Waals surface area contributed by atoms with Crippen LogP contribution in [0.5, 0.6) is 5.75 Å². The maximum absolute atomic E-state index is 12.0. The van der Waals surface area contributed by atoms with E-state index in [0.717, 1.165) is 6.92 Å². The second-order valence-corrected chi connectivity index (χ2v) is 4.92. The molecule has 0 fully saturated rings. The van der Waals surface area contributed by atoms with Gasteiger partial charge in [-0.3, -0.25) is 4.79 Å². The minimum Gasteiger partial charge on any atom is -0.490 e. The van der Waals surface area contributed by atoms with Crippen LogP contribution in [-0.4, -0.2) is 40.3 Å². The second kappa shape index (κ2) is 6.38. The molecule has 20 heavy (non-hydrogen) atoms. The van der Waals surface area contributed by atoms with Crippen molar-refractivity contribution >= 4 is 11.9 Å². The van der Waals surface area contributed by atoms with Crippen molar-refractivity contribution in [2.45, 2.75) is 32.5 Å². The summed E-state index contributed by atoms with van der Waals surface area (Å²) in [6.45, 7) is 4.40. The highest BCUT2D eigenvalue weighted by Crippen LogP contribution is 2.19. The van der Waals surface area contributed by atoms with Gasteiger partial charge in [-0.15, -0.1) is 0 Å². The first-order valence-electron chi connectivity index (χ1n) is 6.23. The van der Waals surface area contributed by atoms with Crippen LogP contribution in [0, 0.1) is 0 Å². The van der Waals surface area contributed by atoms with Gasteiger partial charge in [0.25, 0.3) is 5.91 Å². The topological polar surface area (TPSA) is 95.9 Å². The molecule has 1 aromatic rings. The van der Waals surface area contributed by atoms with E-state index >= 15 is 0 Å². The standard InChI is InChI=1S/C14H19NO5/c1-9(2)20-11-7-5-4-6-10(11)12(16)15-8-14(3,19)13(17)18/h4-7,9,19H,8H2,1-3H3,(H,15,16)(H,17,18). The van der Waals surface area contributed by atoms with Crippen molar-refractivity contribution in [1.82, 2.24) is 5.32 Å². The molecule has 1 atom stereocenters. The lowest BCUT2D eigenvalue weighted by Crippen LogP contribution is -2.46. The summed E-state index contributed by atoms with van der Waals surface area (Å²) in [4.78, 5) is 22.8. The molecule has 0 heterocycles. The fraction of sp³-hybridized carbons (Fsp3) is 0.429. The summed E-state index contributed by atoms with van der Waals surface area (Å²) >= 11 is 0. The number of hydrogen-bond donors (Lipinski definition) is 3. The zero-order chi connectivity index (χ0) is 15.3. The molecule has 0 saturated carbocycles. The summed E-state index contributed by atoms with van der Waals surface area (Å²) in [5, 5.41) is 20.7. The van der Waals surface area contributed by atoms with Gasteiger partial charge in [0.15, 0.2) is 5.60 Å². The number of aliphatic carboxylic acids is 1. The average Bonchev–Trinajstić information content (AvgIpc) is 2.36. The molecule has 6 heteroatoms. The zero-order valence-corrected chi connectivity index (χ0v) is 11.7. The Balaban J connectivity index is 2.80. The van der Waals surface area contributed by atoms with Crippen LogP contribution in [0.25, 0.3) is 0 Å². The van der Waals surface area contributed by atoms with Gasteiger partial charge in [-0.05, 0) is 32.9 Å². The van der Waals surface area contributed by atoms with E-state index in [1.165, 1.54) is 0 Å². The lowest BCUT2D eigenvalue weighted by Gasteiger charge is -2.19. The molecule has 0 radical (unpaired) electrons. The molecular formula is C14H19NO5. The van der Waals surface area contributed by atoms with E-state index in [0.29, 0.717) is 11.3 Å². The van der Waals surface area contributed by atoms with Gasteiger partial charge in [0, 0.05) is 0 Å². The lowest BCUT2D eigenvalue weighted by atomic mass is 10.1. The maximum atomic E-state index is 12.0. The monoisotopic (exact) mass is 281 g/mol. The third-order valence-corrected chi connectivity index (χ3v) is 2.55. The van der Waals surface area contributed by atoms with E-state index < -0.39 is 24.0 Å². The molecule has 0 aromatic heterocycles. The predicted molar refractivity (Wildman–Crippen MR) is 72.8 cm³/mol. The van der Waals surface area contributed by atoms with Crippen LogP contribution in [0.2, 0.25) is 0 Å². The Labute approximate surface area is 117 Å². The van der Waals surface area contributed by atoms with E-state index in [4.69, 9.17) is 9.84 Å². The van der Waals surface area contributed by atoms with Crippen LogP contribution in [0.15, 0.2) is 24.3 Å². The molecular weight excluding hydrogens is 262 g/mol. The number of benzene rings is 1. The van der Waals surface area contributed by atoms with Gasteiger partial charge in [0.05, 0.1) is 18.2 Å². The fourth-order valence-corrected chi connectivity index (χ4v) is 1.43. The number of aliphatic hydroxyl groups is 1. The minimum absolute atomic E-state index is 0.0916. The van der Waals surface area contributed by atoms with E-state index in [1.807, 2.05) is 13.8 Å². The highest BCUT2D eigenvalue weighted by atomic mass is 16.5. The number of carboxylic acids is 1. The summed E-state index contributed by atoms with van der Waals surface area (Å²) in [6, 6.07) is 6.64. The van der Waals surface area contributed by atoms with Crippen molar-refractivity contribution in [3.63, 3.8) is 0 Å². The Morgan fingerprint density at radius 2 is 1.95 bits per heavy atom. The van der Waals surface area contributed by atoms with Gasteiger partial charge >= 0.3 is 5.97 Å². The molecule has 0 aliphatic carbocycles. The number of amides is 1. The molecule has 1 aromatic carbocycles. The van der Waals surface area contributed by atoms with Crippen molar-refractivity contribution in [3.05, 3.63) is 29.8 Å². The maximum Gasteiger partial charge on any atom is 0.337 e. The number of ether oxygens (including phenoxy) is 1. The van der Waals surface area contributed by atoms with Crippen LogP contribution in [0.1, 0.15) is 31.1 Å². The number of nitrogens with one attached hydrogen (secondary N) is 1. The molecule has 110 valence electrons. The number of carbonyl (C=O) groups excluding carboxylic acids is 1. The van der Waals surface area contributed by atoms with Gasteiger partial charge in [0.1, 0.15) is 5.75 Å². The smallest absolute Gasteiger partial charge is 0.337 e. The van der Waals surface area contributed by atoms with Gasteiger partial charge in [-0.25, -0.2) is 4.79 Å². The summed E-state index contributed by atoms with van der Waals surface area (Å²) in [7, 11) is 0. The third-order valence-electron chi connectivity index (χ3n) is 2.55. The van der Waals surface area contributed by atoms with Crippen molar-refractivity contribution in [1.29, 1.82) is 0 Å². The lowest BCUT2D eigenvalue weighted by molar-refractivity contribution is -0.155. The van der Waals surface area contributed by atoms with Crippen molar-refractivity contribution < 1.29 is 24.5 Å². The van der Waals surface area contributed by atoms with Gasteiger partial charge in [-0.2, -0.15) is 0 Å². The van der Waals surface area contributed by atoms with Crippen LogP contribution >= 0.6 is 0 Å². The molecule has 0 bridgehead atoms. The van der Waals surface area contributed by atoms with Gasteiger partial charge in [-0.1, -0.05) is 12.1 Å². The van der Waals surface area contributed by atoms with Crippen LogP contribution in [0.4, 0.5) is 0 Å². The molecule has 3 N–H and O–H groups in total. The minimum atomic E-state index is -2.01. The summed E-state index contributed by atoms with van der Waals surface area (Å²) in [5.74, 6) is -1.48. The number of para-hydroxylation sites is 1. The summed E-state index contributed by atoms with van der Waals surface area (Å²) < 4.78 is 5.51. The second-order valence-electron chi connectivity index (χ2n) is 4.92. The van der Waals surface area contributed by atoms with Crippen molar-refractivity contribution in [2.75, 3.05) is 6.54 Å². The Bertz CT molecular complexity index is 496. The summed E-state index contributed by atoms with van der Waals surface area (Å²) in [6.07, 6.45) is -0.0916. The zero-order valence-electron chi connectivity index (χ0n) is 11.7. The highest BCUT2D eigenvalue weighted by Gasteiger charge is 2.30. The van der Waals surface area contributed by atoms with Crippen LogP contribution in [-0.2, 0) is 4.79 Å². The highest BCUT2D eigenvalue weighted by molar-refractivity contribution is 5.97. The first kappa shape index (κ1) is 16.0. The molecule has 0 aliphatic heterocycles. The van der Waals surface area contributed by atoms with Crippen molar-refractivity contribution in [2.24, 2.45) is 0 Å². The Kier molecular flexibility index (Phi) is 5.10. The quantitative estimate of drug-likeness (QED) is 0.724. The Morgan fingerprint density at radius 1 is 1.35 bits per heavy atom. The Hall–Kier alpha value is -2.08. The SMILES string of the molecule is CC(C)Oc1ccccc1C(=O)NCC(C)(O)C(=O)O. The summed E-state index contributed by atoms with van der Waals surface area (Å²) in [5.41, 5.74) is -1.72. The largest absolute Gasteiger partial charge is 0.490 e. The predicted octanol–water partition coefficient (Wildman–Crippen LogP) is 1.04. The van der Waals surface area contributed by atoms with Crippen molar-refractivity contribution in [3.8, 4) is 5.75 Å². The molecule has 1 unspecified atom stereocenters. The fourth-order valence-electron chi connectivity index (χ4n) is 1.43. The first-order chi connectivity index (χ1) is 9.24. The van der Waals surface area contributed by atoms with E-state index in [9.17, 15) is 14.7 Å². The van der Waals surface area contributed by atoms with Gasteiger partial charge in [0.2, 0.25) is 0 Å². The molecule has 1 amide bonds. The molecule has 0 spiro atoms. The molecule has 1 rings (SSSR count). The number of carboxylic acid groups (broad SMARTS) is 1. The van der Waals surface area contributed by atoms with E-state index in [1.54, 1.807) is 24.3 Å². The number of carbonyl (C=O) groups is 2. The van der Waals surface area contributed by atoms with Crippen LogP contribution in [0.3, 0.4) is 0 Å². The van der Waals surface area contributed by atoms with Crippen LogP contribution < -0.4 is 10.1 Å². The number of rotatable bonds is 6. The van der Waals surface area contributed by atoms with E-state index in [2.05, 4.69) is 5.32 Å². The normalized spacial score (nSPS) is 13.7. The number of hydrogen-bond acceptors (Lipinski definition) is 4. The molecule has 0 saturated heterocycles. The van der Waals surface area contributed by atoms with E-state index in [-0.39, 0.29) is 6.10 Å². The molecule has 6 nitrogen and oxygen atoms in total. The van der Waals surface area contributed by atoms with Gasteiger partial charge < -0.3 is 20.3 Å². The molecule has 0 aliphatic rings. The average molecular weight is 281 g/mol. The Morgan fingerprint density at radius 3 is 2.50 bits per heavy atom.